The molecule has 0 unspecified atom stereocenters. The van der Waals surface area contributed by atoms with E-state index in [1.54, 1.807) is 19.1 Å². The van der Waals surface area contributed by atoms with Crippen LogP contribution in [0.4, 0.5) is 13.2 Å². The third-order valence-corrected chi connectivity index (χ3v) is 3.16. The highest BCUT2D eigenvalue weighted by atomic mass is 19.4. The fourth-order valence-corrected chi connectivity index (χ4v) is 1.90. The van der Waals surface area contributed by atoms with Crippen LogP contribution in [-0.4, -0.2) is 16.1 Å². The van der Waals surface area contributed by atoms with E-state index in [4.69, 9.17) is 4.74 Å². The van der Waals surface area contributed by atoms with E-state index in [-0.39, 0.29) is 30.0 Å². The molecule has 0 saturated heterocycles. The quantitative estimate of drug-likeness (QED) is 0.866. The lowest BCUT2D eigenvalue weighted by atomic mass is 10.1. The van der Waals surface area contributed by atoms with E-state index in [0.29, 0.717) is 11.8 Å². The number of pyridine rings is 1. The molecule has 4 nitrogen and oxygen atoms in total. The van der Waals surface area contributed by atoms with Crippen molar-refractivity contribution in [3.63, 3.8) is 0 Å². The summed E-state index contributed by atoms with van der Waals surface area (Å²) in [5.41, 5.74) is -0.0530. The molecule has 0 bridgehead atoms. The summed E-state index contributed by atoms with van der Waals surface area (Å²) in [5.74, 6) is -0.592. The van der Waals surface area contributed by atoms with Crippen molar-refractivity contribution in [1.82, 2.24) is 4.98 Å². The minimum atomic E-state index is -4.47. The molecular formula is C16H14F3NO3. The monoisotopic (exact) mass is 325 g/mol. The lowest BCUT2D eigenvalue weighted by Crippen LogP contribution is -2.05. The zero-order valence-electron chi connectivity index (χ0n) is 12.2. The first kappa shape index (κ1) is 16.8. The Kier molecular flexibility index (Phi) is 4.88. The third-order valence-electron chi connectivity index (χ3n) is 3.16. The molecule has 0 radical (unpaired) electrons. The summed E-state index contributed by atoms with van der Waals surface area (Å²) in [7, 11) is 0. The van der Waals surface area contributed by atoms with Gasteiger partial charge in [0, 0.05) is 23.7 Å². The zero-order valence-corrected chi connectivity index (χ0v) is 12.2. The maximum Gasteiger partial charge on any atom is 0.417 e. The van der Waals surface area contributed by atoms with Crippen LogP contribution in [0.3, 0.4) is 0 Å². The Morgan fingerprint density at radius 1 is 1.26 bits per heavy atom. The maximum absolute atomic E-state index is 12.5. The van der Waals surface area contributed by atoms with Gasteiger partial charge in [0.15, 0.2) is 0 Å². The Morgan fingerprint density at radius 3 is 2.57 bits per heavy atom. The molecule has 0 fully saturated rings. The molecule has 122 valence electrons. The first-order valence-electron chi connectivity index (χ1n) is 6.83. The maximum atomic E-state index is 12.5. The summed E-state index contributed by atoms with van der Waals surface area (Å²) in [6.07, 6.45) is -3.55. The highest BCUT2D eigenvalue weighted by Gasteiger charge is 2.30. The van der Waals surface area contributed by atoms with Crippen LogP contribution >= 0.6 is 0 Å². The van der Waals surface area contributed by atoms with Crippen LogP contribution < -0.4 is 0 Å². The molecule has 1 aromatic carbocycles. The second-order valence-corrected chi connectivity index (χ2v) is 4.76. The van der Waals surface area contributed by atoms with Crippen LogP contribution in [0.1, 0.15) is 24.5 Å². The molecular weight excluding hydrogens is 311 g/mol. The van der Waals surface area contributed by atoms with Gasteiger partial charge in [-0.1, -0.05) is 19.1 Å². The Morgan fingerprint density at radius 2 is 2.00 bits per heavy atom. The number of carbonyl (C=O) groups is 1. The number of phenolic OH excluding ortho intramolecular Hbond substituents is 1. The summed E-state index contributed by atoms with van der Waals surface area (Å²) in [6, 6.07) is 6.76. The van der Waals surface area contributed by atoms with Crippen molar-refractivity contribution in [2.24, 2.45) is 0 Å². The third kappa shape index (κ3) is 4.00. The first-order valence-corrected chi connectivity index (χ1v) is 6.83. The van der Waals surface area contributed by atoms with Crippen LogP contribution in [0.5, 0.6) is 5.75 Å². The van der Waals surface area contributed by atoms with Gasteiger partial charge in [0.05, 0.1) is 11.3 Å². The Balaban J connectivity index is 2.28. The number of ether oxygens (including phenoxy) is 1. The van der Waals surface area contributed by atoms with E-state index in [1.165, 1.54) is 12.1 Å². The minimum absolute atomic E-state index is 0.118. The number of alkyl halides is 3. The number of hydrogen-bond acceptors (Lipinski definition) is 4. The SMILES string of the molecule is CCC(=O)OCc1cccc(-c2ccc(C(F)(F)F)cn2)c1O. The van der Waals surface area contributed by atoms with Gasteiger partial charge in [-0.15, -0.1) is 0 Å². The molecule has 0 aliphatic carbocycles. The second kappa shape index (κ2) is 6.68. The molecule has 1 N–H and O–H groups in total. The first-order chi connectivity index (χ1) is 10.8. The molecule has 2 aromatic rings. The number of benzene rings is 1. The Hall–Kier alpha value is -2.57. The van der Waals surface area contributed by atoms with Gasteiger partial charge in [0.1, 0.15) is 12.4 Å². The van der Waals surface area contributed by atoms with Crippen LogP contribution in [0.15, 0.2) is 36.5 Å². The number of halogens is 3. The molecule has 0 atom stereocenters. The molecule has 0 aliphatic rings. The van der Waals surface area contributed by atoms with Gasteiger partial charge in [-0.05, 0) is 18.2 Å². The highest BCUT2D eigenvalue weighted by molar-refractivity contribution is 5.70. The van der Waals surface area contributed by atoms with E-state index in [2.05, 4.69) is 4.98 Å². The number of nitrogens with zero attached hydrogens (tertiary/aromatic N) is 1. The number of hydrogen-bond donors (Lipinski definition) is 1. The van der Waals surface area contributed by atoms with E-state index in [0.717, 1.165) is 6.07 Å². The standard InChI is InChI=1S/C16H14F3NO3/c1-2-14(21)23-9-10-4-3-5-12(15(10)22)13-7-6-11(8-20-13)16(17,18)19/h3-8,22H,2,9H2,1H3. The number of carbonyl (C=O) groups excluding carboxylic acids is 1. The molecule has 1 heterocycles. The number of esters is 1. The minimum Gasteiger partial charge on any atom is -0.507 e. The van der Waals surface area contributed by atoms with Crippen LogP contribution in [0.25, 0.3) is 11.3 Å². The zero-order chi connectivity index (χ0) is 17.0. The second-order valence-electron chi connectivity index (χ2n) is 4.76. The van der Waals surface area contributed by atoms with Crippen molar-refractivity contribution in [3.8, 4) is 17.0 Å². The fourth-order valence-electron chi connectivity index (χ4n) is 1.90. The van der Waals surface area contributed by atoms with Crippen LogP contribution in [0.2, 0.25) is 0 Å². The highest BCUT2D eigenvalue weighted by Crippen LogP contribution is 2.33. The van der Waals surface area contributed by atoms with Crippen molar-refractivity contribution in [2.75, 3.05) is 0 Å². The average molecular weight is 325 g/mol. The predicted molar refractivity (Wildman–Crippen MR) is 76.4 cm³/mol. The van der Waals surface area contributed by atoms with Gasteiger partial charge in [-0.25, -0.2) is 0 Å². The summed E-state index contributed by atoms with van der Waals surface area (Å²) in [6.45, 7) is 1.53. The topological polar surface area (TPSA) is 59.4 Å². The lowest BCUT2D eigenvalue weighted by molar-refractivity contribution is -0.144. The van der Waals surface area contributed by atoms with Crippen molar-refractivity contribution < 1.29 is 27.8 Å². The molecule has 0 aliphatic heterocycles. The number of aromatic hydroxyl groups is 1. The fraction of sp³-hybridized carbons (Fsp3) is 0.250. The van der Waals surface area contributed by atoms with Crippen LogP contribution in [0, 0.1) is 0 Å². The predicted octanol–water partition coefficient (Wildman–Crippen LogP) is 3.93. The summed E-state index contributed by atoms with van der Waals surface area (Å²) >= 11 is 0. The van der Waals surface area contributed by atoms with Gasteiger partial charge in [0.2, 0.25) is 0 Å². The largest absolute Gasteiger partial charge is 0.507 e. The van der Waals surface area contributed by atoms with Gasteiger partial charge < -0.3 is 9.84 Å². The van der Waals surface area contributed by atoms with Gasteiger partial charge in [0.25, 0.3) is 0 Å². The molecule has 23 heavy (non-hydrogen) atoms. The Bertz CT molecular complexity index is 697. The smallest absolute Gasteiger partial charge is 0.417 e. The summed E-state index contributed by atoms with van der Waals surface area (Å²) in [4.78, 5) is 14.9. The number of rotatable bonds is 4. The number of phenols is 1. The van der Waals surface area contributed by atoms with Crippen molar-refractivity contribution in [1.29, 1.82) is 0 Å². The van der Waals surface area contributed by atoms with Crippen molar-refractivity contribution in [3.05, 3.63) is 47.7 Å². The molecule has 0 saturated carbocycles. The van der Waals surface area contributed by atoms with E-state index in [1.807, 2.05) is 0 Å². The molecule has 0 spiro atoms. The molecule has 0 amide bonds. The van der Waals surface area contributed by atoms with Gasteiger partial charge >= 0.3 is 12.1 Å². The lowest BCUT2D eigenvalue weighted by Gasteiger charge is -2.11. The normalized spacial score (nSPS) is 11.3. The Labute approximate surface area is 130 Å². The van der Waals surface area contributed by atoms with Gasteiger partial charge in [-0.3, -0.25) is 9.78 Å². The van der Waals surface area contributed by atoms with Gasteiger partial charge in [-0.2, -0.15) is 13.2 Å². The number of aromatic nitrogens is 1. The van der Waals surface area contributed by atoms with E-state index >= 15 is 0 Å². The molecule has 2 rings (SSSR count). The van der Waals surface area contributed by atoms with Crippen molar-refractivity contribution >= 4 is 5.97 Å². The van der Waals surface area contributed by atoms with E-state index < -0.39 is 17.7 Å². The average Bonchev–Trinajstić information content (AvgIpc) is 2.53. The summed E-state index contributed by atoms with van der Waals surface area (Å²) < 4.78 is 42.6. The molecule has 7 heteroatoms. The van der Waals surface area contributed by atoms with Crippen molar-refractivity contribution in [2.45, 2.75) is 26.1 Å². The van der Waals surface area contributed by atoms with Crippen LogP contribution in [-0.2, 0) is 22.3 Å². The molecule has 1 aromatic heterocycles. The van der Waals surface area contributed by atoms with E-state index in [9.17, 15) is 23.1 Å². The summed E-state index contributed by atoms with van der Waals surface area (Å²) in [5, 5.41) is 10.2. The number of para-hydroxylation sites is 1.